The number of benzene rings is 1. The van der Waals surface area contributed by atoms with Gasteiger partial charge >= 0.3 is 0 Å². The molecule has 0 aliphatic heterocycles. The van der Waals surface area contributed by atoms with Crippen LogP contribution in [0.4, 0.5) is 0 Å². The second kappa shape index (κ2) is 7.64. The Morgan fingerprint density at radius 2 is 2.05 bits per heavy atom. The van der Waals surface area contributed by atoms with E-state index in [0.717, 1.165) is 15.8 Å². The number of nitrogens with two attached hydrogens (primary N) is 1. The number of halogens is 1. The van der Waals surface area contributed by atoms with Crippen molar-refractivity contribution < 1.29 is 9.53 Å². The molecule has 0 saturated heterocycles. The Morgan fingerprint density at radius 3 is 2.50 bits per heavy atom. The molecular formula is C15H23BrN2O2. The fourth-order valence-corrected chi connectivity index (χ4v) is 2.60. The third kappa shape index (κ3) is 4.21. The fraction of sp³-hybridized carbons (Fsp3) is 0.533. The van der Waals surface area contributed by atoms with Gasteiger partial charge in [-0.1, -0.05) is 19.9 Å². The van der Waals surface area contributed by atoms with E-state index in [4.69, 9.17) is 10.5 Å². The summed E-state index contributed by atoms with van der Waals surface area (Å²) in [6.45, 7) is 6.33. The highest BCUT2D eigenvalue weighted by molar-refractivity contribution is 9.10. The van der Waals surface area contributed by atoms with Crippen LogP contribution in [0.15, 0.2) is 22.7 Å². The third-order valence-electron chi connectivity index (χ3n) is 3.43. The van der Waals surface area contributed by atoms with Gasteiger partial charge in [0.25, 0.3) is 0 Å². The molecule has 4 nitrogen and oxygen atoms in total. The second-order valence-electron chi connectivity index (χ2n) is 5.21. The maximum atomic E-state index is 12.2. The second-order valence-corrected chi connectivity index (χ2v) is 6.06. The van der Waals surface area contributed by atoms with Gasteiger partial charge in [0, 0.05) is 6.54 Å². The van der Waals surface area contributed by atoms with E-state index in [0.29, 0.717) is 6.54 Å². The molecular weight excluding hydrogens is 320 g/mol. The molecule has 0 aliphatic rings. The standard InChI is InChI=1S/C15H23BrN2O2/c1-9(2)12(8-17)15(19)18-10(3)11-5-6-14(20-4)13(16)7-11/h5-7,9-10,12H,8,17H2,1-4H3,(H,18,19). The number of amides is 1. The van der Waals surface area contributed by atoms with Gasteiger partial charge in [0.05, 0.1) is 23.5 Å². The molecule has 20 heavy (non-hydrogen) atoms. The van der Waals surface area contributed by atoms with Gasteiger partial charge in [-0.25, -0.2) is 0 Å². The molecule has 0 bridgehead atoms. The molecule has 5 heteroatoms. The predicted molar refractivity (Wildman–Crippen MR) is 84.6 cm³/mol. The summed E-state index contributed by atoms with van der Waals surface area (Å²) >= 11 is 3.45. The Morgan fingerprint density at radius 1 is 1.40 bits per heavy atom. The third-order valence-corrected chi connectivity index (χ3v) is 4.05. The SMILES string of the molecule is COc1ccc(C(C)NC(=O)C(CN)C(C)C)cc1Br. The molecule has 0 heterocycles. The van der Waals surface area contributed by atoms with E-state index in [2.05, 4.69) is 21.2 Å². The topological polar surface area (TPSA) is 64.3 Å². The Labute approximate surface area is 129 Å². The van der Waals surface area contributed by atoms with Crippen molar-refractivity contribution in [2.24, 2.45) is 17.6 Å². The van der Waals surface area contributed by atoms with E-state index in [-0.39, 0.29) is 23.8 Å². The summed E-state index contributed by atoms with van der Waals surface area (Å²) < 4.78 is 6.07. The lowest BCUT2D eigenvalue weighted by molar-refractivity contribution is -0.126. The van der Waals surface area contributed by atoms with Crippen molar-refractivity contribution in [3.8, 4) is 5.75 Å². The van der Waals surface area contributed by atoms with Crippen molar-refractivity contribution >= 4 is 21.8 Å². The van der Waals surface area contributed by atoms with Gasteiger partial charge in [0.15, 0.2) is 0 Å². The van der Waals surface area contributed by atoms with E-state index in [1.54, 1.807) is 7.11 Å². The van der Waals surface area contributed by atoms with E-state index in [1.807, 2.05) is 39.0 Å². The molecule has 0 radical (unpaired) electrons. The summed E-state index contributed by atoms with van der Waals surface area (Å²) in [4.78, 5) is 12.2. The summed E-state index contributed by atoms with van der Waals surface area (Å²) in [5, 5.41) is 3.01. The van der Waals surface area contributed by atoms with Crippen LogP contribution in [0.5, 0.6) is 5.75 Å². The molecule has 112 valence electrons. The van der Waals surface area contributed by atoms with Crippen molar-refractivity contribution in [1.29, 1.82) is 0 Å². The highest BCUT2D eigenvalue weighted by Gasteiger charge is 2.22. The van der Waals surface area contributed by atoms with E-state index in [9.17, 15) is 4.79 Å². The van der Waals surface area contributed by atoms with Crippen molar-refractivity contribution in [3.63, 3.8) is 0 Å². The largest absolute Gasteiger partial charge is 0.496 e. The molecule has 0 saturated carbocycles. The first-order valence-electron chi connectivity index (χ1n) is 6.74. The van der Waals surface area contributed by atoms with Gasteiger partial charge in [-0.3, -0.25) is 4.79 Å². The summed E-state index contributed by atoms with van der Waals surface area (Å²) in [5.41, 5.74) is 6.69. The minimum Gasteiger partial charge on any atom is -0.496 e. The minimum absolute atomic E-state index is 0.00180. The molecule has 1 amide bonds. The lowest BCUT2D eigenvalue weighted by Crippen LogP contribution is -2.39. The highest BCUT2D eigenvalue weighted by Crippen LogP contribution is 2.28. The summed E-state index contributed by atoms with van der Waals surface area (Å²) in [7, 11) is 1.62. The number of methoxy groups -OCH3 is 1. The predicted octanol–water partition coefficient (Wildman–Crippen LogP) is 2.87. The number of nitrogens with one attached hydrogen (secondary N) is 1. The quantitative estimate of drug-likeness (QED) is 0.835. The van der Waals surface area contributed by atoms with Crippen LogP contribution in [-0.2, 0) is 4.79 Å². The first-order valence-corrected chi connectivity index (χ1v) is 7.53. The first-order chi connectivity index (χ1) is 9.40. The number of ether oxygens (including phenoxy) is 1. The Balaban J connectivity index is 2.78. The molecule has 1 aromatic carbocycles. The van der Waals surface area contributed by atoms with Crippen molar-refractivity contribution in [2.75, 3.05) is 13.7 Å². The average Bonchev–Trinajstić information content (AvgIpc) is 2.38. The van der Waals surface area contributed by atoms with Crippen LogP contribution in [0.25, 0.3) is 0 Å². The molecule has 3 N–H and O–H groups in total. The van der Waals surface area contributed by atoms with Crippen LogP contribution in [0.2, 0.25) is 0 Å². The Hall–Kier alpha value is -1.07. The monoisotopic (exact) mass is 342 g/mol. The smallest absolute Gasteiger partial charge is 0.225 e. The van der Waals surface area contributed by atoms with Crippen LogP contribution in [0.1, 0.15) is 32.4 Å². The summed E-state index contributed by atoms with van der Waals surface area (Å²) in [6, 6.07) is 5.71. The average molecular weight is 343 g/mol. The lowest BCUT2D eigenvalue weighted by Gasteiger charge is -2.22. The number of carbonyl (C=O) groups excluding carboxylic acids is 1. The first kappa shape index (κ1) is 17.0. The molecule has 0 spiro atoms. The maximum Gasteiger partial charge on any atom is 0.225 e. The molecule has 0 aliphatic carbocycles. The van der Waals surface area contributed by atoms with Gasteiger partial charge in [-0.15, -0.1) is 0 Å². The van der Waals surface area contributed by atoms with Crippen molar-refractivity contribution in [3.05, 3.63) is 28.2 Å². The van der Waals surface area contributed by atoms with Gasteiger partial charge in [0.1, 0.15) is 5.75 Å². The lowest BCUT2D eigenvalue weighted by atomic mass is 9.94. The zero-order valence-corrected chi connectivity index (χ0v) is 14.0. The van der Waals surface area contributed by atoms with Gasteiger partial charge in [-0.05, 0) is 46.5 Å². The molecule has 1 aromatic rings. The number of rotatable bonds is 6. The summed E-state index contributed by atoms with van der Waals surface area (Å²) in [5.74, 6) is 0.852. The van der Waals surface area contributed by atoms with Crippen LogP contribution in [-0.4, -0.2) is 19.6 Å². The molecule has 0 aromatic heterocycles. The number of hydrogen-bond acceptors (Lipinski definition) is 3. The van der Waals surface area contributed by atoms with Gasteiger partial charge in [0.2, 0.25) is 5.91 Å². The van der Waals surface area contributed by atoms with Crippen molar-refractivity contribution in [2.45, 2.75) is 26.8 Å². The zero-order chi connectivity index (χ0) is 15.3. The number of hydrogen-bond donors (Lipinski definition) is 2. The number of carbonyl (C=O) groups is 1. The normalized spacial score (nSPS) is 13.9. The highest BCUT2D eigenvalue weighted by atomic mass is 79.9. The Kier molecular flexibility index (Phi) is 6.49. The van der Waals surface area contributed by atoms with Crippen LogP contribution < -0.4 is 15.8 Å². The van der Waals surface area contributed by atoms with Crippen LogP contribution >= 0.6 is 15.9 Å². The molecule has 1 rings (SSSR count). The van der Waals surface area contributed by atoms with Crippen LogP contribution in [0.3, 0.4) is 0 Å². The van der Waals surface area contributed by atoms with Crippen molar-refractivity contribution in [1.82, 2.24) is 5.32 Å². The Bertz CT molecular complexity index is 463. The molecule has 2 atom stereocenters. The molecule has 2 unspecified atom stereocenters. The van der Waals surface area contributed by atoms with Gasteiger partial charge < -0.3 is 15.8 Å². The fourth-order valence-electron chi connectivity index (χ4n) is 2.04. The van der Waals surface area contributed by atoms with E-state index in [1.165, 1.54) is 0 Å². The molecule has 0 fully saturated rings. The van der Waals surface area contributed by atoms with E-state index >= 15 is 0 Å². The van der Waals surface area contributed by atoms with Gasteiger partial charge in [-0.2, -0.15) is 0 Å². The van der Waals surface area contributed by atoms with Crippen LogP contribution in [0, 0.1) is 11.8 Å². The zero-order valence-electron chi connectivity index (χ0n) is 12.4. The maximum absolute atomic E-state index is 12.2. The van der Waals surface area contributed by atoms with E-state index < -0.39 is 0 Å². The summed E-state index contributed by atoms with van der Waals surface area (Å²) in [6.07, 6.45) is 0. The minimum atomic E-state index is -0.154.